The number of likely N-dealkylation sites (tertiary alicyclic amines) is 1. The van der Waals surface area contributed by atoms with Crippen LogP contribution in [0.5, 0.6) is 0 Å². The zero-order valence-corrected chi connectivity index (χ0v) is 10.7. The molecular formula is C14H19FN2O. The number of nitrogen functional groups attached to an aromatic ring is 1. The zero-order chi connectivity index (χ0) is 13.1. The average molecular weight is 250 g/mol. The van der Waals surface area contributed by atoms with E-state index in [4.69, 9.17) is 5.73 Å². The first kappa shape index (κ1) is 12.9. The molecule has 1 amide bonds. The standard InChI is InChI=1S/C14H19FN2O/c1-2-10-4-3-7-17(9-10)14(18)11-5-6-13(16)12(15)8-11/h5-6,8,10H,2-4,7,9,16H2,1H3. The van der Waals surface area contributed by atoms with Crippen LogP contribution >= 0.6 is 0 Å². The Morgan fingerprint density at radius 2 is 2.33 bits per heavy atom. The van der Waals surface area contributed by atoms with E-state index in [1.807, 2.05) is 4.90 Å². The van der Waals surface area contributed by atoms with Gasteiger partial charge in [0.15, 0.2) is 0 Å². The molecule has 3 nitrogen and oxygen atoms in total. The van der Waals surface area contributed by atoms with Gasteiger partial charge >= 0.3 is 0 Å². The Labute approximate surface area is 107 Å². The summed E-state index contributed by atoms with van der Waals surface area (Å²) in [5.41, 5.74) is 5.88. The highest BCUT2D eigenvalue weighted by molar-refractivity contribution is 5.94. The van der Waals surface area contributed by atoms with Crippen LogP contribution in [0.15, 0.2) is 18.2 Å². The van der Waals surface area contributed by atoms with E-state index in [0.29, 0.717) is 11.5 Å². The third-order valence-corrected chi connectivity index (χ3v) is 3.63. The van der Waals surface area contributed by atoms with Crippen molar-refractivity contribution in [3.63, 3.8) is 0 Å². The van der Waals surface area contributed by atoms with Crippen molar-refractivity contribution in [1.82, 2.24) is 4.90 Å². The SMILES string of the molecule is CCC1CCCN(C(=O)c2ccc(N)c(F)c2)C1. The lowest BCUT2D eigenvalue weighted by Gasteiger charge is -2.32. The molecule has 1 aliphatic heterocycles. The normalized spacial score (nSPS) is 19.9. The van der Waals surface area contributed by atoms with E-state index in [-0.39, 0.29) is 11.6 Å². The minimum Gasteiger partial charge on any atom is -0.396 e. The lowest BCUT2D eigenvalue weighted by atomic mass is 9.95. The highest BCUT2D eigenvalue weighted by Gasteiger charge is 2.23. The van der Waals surface area contributed by atoms with Gasteiger partial charge in [-0.3, -0.25) is 4.79 Å². The van der Waals surface area contributed by atoms with Crippen molar-refractivity contribution in [3.8, 4) is 0 Å². The number of nitrogens with zero attached hydrogens (tertiary/aromatic N) is 1. The molecule has 0 aliphatic carbocycles. The molecule has 1 fully saturated rings. The summed E-state index contributed by atoms with van der Waals surface area (Å²) >= 11 is 0. The van der Waals surface area contributed by atoms with Gasteiger partial charge in [-0.1, -0.05) is 13.3 Å². The number of carbonyl (C=O) groups is 1. The predicted molar refractivity (Wildman–Crippen MR) is 69.7 cm³/mol. The van der Waals surface area contributed by atoms with E-state index in [1.165, 1.54) is 18.6 Å². The molecule has 0 spiro atoms. The van der Waals surface area contributed by atoms with Gasteiger partial charge in [-0.2, -0.15) is 0 Å². The van der Waals surface area contributed by atoms with Crippen molar-refractivity contribution < 1.29 is 9.18 Å². The summed E-state index contributed by atoms with van der Waals surface area (Å²) in [5.74, 6) is -0.0433. The van der Waals surface area contributed by atoms with Gasteiger partial charge in [0.05, 0.1) is 5.69 Å². The molecule has 0 bridgehead atoms. The third-order valence-electron chi connectivity index (χ3n) is 3.63. The second-order valence-corrected chi connectivity index (χ2v) is 4.90. The number of rotatable bonds is 2. The van der Waals surface area contributed by atoms with Gasteiger partial charge in [0.1, 0.15) is 5.82 Å². The fourth-order valence-corrected chi connectivity index (χ4v) is 2.43. The van der Waals surface area contributed by atoms with E-state index < -0.39 is 5.82 Å². The van der Waals surface area contributed by atoms with E-state index in [9.17, 15) is 9.18 Å². The molecule has 1 heterocycles. The molecule has 0 saturated carbocycles. The molecule has 4 heteroatoms. The predicted octanol–water partition coefficient (Wildman–Crippen LogP) is 2.67. The van der Waals surface area contributed by atoms with Crippen LogP contribution in [0, 0.1) is 11.7 Å². The number of carbonyl (C=O) groups excluding carboxylic acids is 1. The maximum absolute atomic E-state index is 13.4. The highest BCUT2D eigenvalue weighted by atomic mass is 19.1. The minimum atomic E-state index is -0.523. The Balaban J connectivity index is 2.12. The van der Waals surface area contributed by atoms with Crippen molar-refractivity contribution in [1.29, 1.82) is 0 Å². The monoisotopic (exact) mass is 250 g/mol. The molecule has 1 aromatic carbocycles. The Hall–Kier alpha value is -1.58. The van der Waals surface area contributed by atoms with Crippen LogP contribution in [0.1, 0.15) is 36.5 Å². The van der Waals surface area contributed by atoms with Crippen molar-refractivity contribution in [2.45, 2.75) is 26.2 Å². The summed E-state index contributed by atoms with van der Waals surface area (Å²) < 4.78 is 13.4. The van der Waals surface area contributed by atoms with Crippen molar-refractivity contribution in [3.05, 3.63) is 29.6 Å². The second-order valence-electron chi connectivity index (χ2n) is 4.90. The molecule has 2 N–H and O–H groups in total. The van der Waals surface area contributed by atoms with Gasteiger partial charge in [0, 0.05) is 18.7 Å². The minimum absolute atomic E-state index is 0.0802. The Kier molecular flexibility index (Phi) is 3.84. The molecule has 1 aliphatic rings. The highest BCUT2D eigenvalue weighted by Crippen LogP contribution is 2.21. The third kappa shape index (κ3) is 2.63. The van der Waals surface area contributed by atoms with Crippen LogP contribution in [0.4, 0.5) is 10.1 Å². The number of nitrogens with two attached hydrogens (primary N) is 1. The Morgan fingerprint density at radius 3 is 3.00 bits per heavy atom. The molecule has 1 saturated heterocycles. The van der Waals surface area contributed by atoms with Crippen LogP contribution in [-0.2, 0) is 0 Å². The Bertz CT molecular complexity index is 447. The fourth-order valence-electron chi connectivity index (χ4n) is 2.43. The number of hydrogen-bond acceptors (Lipinski definition) is 2. The first-order valence-corrected chi connectivity index (χ1v) is 6.46. The van der Waals surface area contributed by atoms with Crippen LogP contribution in [0.2, 0.25) is 0 Å². The lowest BCUT2D eigenvalue weighted by molar-refractivity contribution is 0.0671. The summed E-state index contributed by atoms with van der Waals surface area (Å²) in [5, 5.41) is 0. The molecule has 0 aromatic heterocycles. The van der Waals surface area contributed by atoms with Gasteiger partial charge in [-0.15, -0.1) is 0 Å². The van der Waals surface area contributed by atoms with Crippen LogP contribution in [0.25, 0.3) is 0 Å². The quantitative estimate of drug-likeness (QED) is 0.820. The molecular weight excluding hydrogens is 231 g/mol. The van der Waals surface area contributed by atoms with E-state index in [0.717, 1.165) is 25.9 Å². The van der Waals surface area contributed by atoms with Gasteiger partial charge in [-0.25, -0.2) is 4.39 Å². The van der Waals surface area contributed by atoms with Crippen molar-refractivity contribution in [2.75, 3.05) is 18.8 Å². The van der Waals surface area contributed by atoms with Gasteiger partial charge in [0.25, 0.3) is 5.91 Å². The summed E-state index contributed by atoms with van der Waals surface area (Å²) in [6.45, 7) is 3.68. The fraction of sp³-hybridized carbons (Fsp3) is 0.500. The van der Waals surface area contributed by atoms with Crippen LogP contribution in [0.3, 0.4) is 0 Å². The molecule has 1 unspecified atom stereocenters. The molecule has 98 valence electrons. The smallest absolute Gasteiger partial charge is 0.253 e. The van der Waals surface area contributed by atoms with E-state index >= 15 is 0 Å². The number of anilines is 1. The number of amides is 1. The molecule has 2 rings (SSSR count). The van der Waals surface area contributed by atoms with E-state index in [2.05, 4.69) is 6.92 Å². The molecule has 1 aromatic rings. The first-order valence-electron chi connectivity index (χ1n) is 6.46. The first-order chi connectivity index (χ1) is 8.61. The zero-order valence-electron chi connectivity index (χ0n) is 10.7. The van der Waals surface area contributed by atoms with Crippen molar-refractivity contribution in [2.24, 2.45) is 5.92 Å². The molecule has 18 heavy (non-hydrogen) atoms. The summed E-state index contributed by atoms with van der Waals surface area (Å²) in [6, 6.07) is 4.27. The average Bonchev–Trinajstić information content (AvgIpc) is 2.41. The summed E-state index contributed by atoms with van der Waals surface area (Å²) in [6.07, 6.45) is 3.29. The van der Waals surface area contributed by atoms with Gasteiger partial charge < -0.3 is 10.6 Å². The largest absolute Gasteiger partial charge is 0.396 e. The number of piperidine rings is 1. The lowest BCUT2D eigenvalue weighted by Crippen LogP contribution is -2.39. The maximum atomic E-state index is 13.4. The molecule has 0 radical (unpaired) electrons. The van der Waals surface area contributed by atoms with Gasteiger partial charge in [0.2, 0.25) is 0 Å². The number of benzene rings is 1. The van der Waals surface area contributed by atoms with Crippen LogP contribution < -0.4 is 5.73 Å². The molecule has 1 atom stereocenters. The van der Waals surface area contributed by atoms with Crippen LogP contribution in [-0.4, -0.2) is 23.9 Å². The van der Waals surface area contributed by atoms with E-state index in [1.54, 1.807) is 6.07 Å². The number of hydrogen-bond donors (Lipinski definition) is 1. The second kappa shape index (κ2) is 5.38. The Morgan fingerprint density at radius 1 is 1.56 bits per heavy atom. The summed E-state index contributed by atoms with van der Waals surface area (Å²) in [4.78, 5) is 14.1. The van der Waals surface area contributed by atoms with Crippen molar-refractivity contribution >= 4 is 11.6 Å². The number of halogens is 1. The van der Waals surface area contributed by atoms with Gasteiger partial charge in [-0.05, 0) is 37.0 Å². The summed E-state index contributed by atoms with van der Waals surface area (Å²) in [7, 11) is 0. The maximum Gasteiger partial charge on any atom is 0.253 e. The topological polar surface area (TPSA) is 46.3 Å².